The van der Waals surface area contributed by atoms with Gasteiger partial charge < -0.3 is 4.90 Å². The van der Waals surface area contributed by atoms with Gasteiger partial charge in [-0.05, 0) is 18.4 Å². The minimum absolute atomic E-state index is 0.159. The van der Waals surface area contributed by atoms with E-state index in [0.717, 1.165) is 58.6 Å². The summed E-state index contributed by atoms with van der Waals surface area (Å²) >= 11 is 1.51. The van der Waals surface area contributed by atoms with E-state index in [2.05, 4.69) is 22.3 Å². The molecule has 0 aliphatic carbocycles. The van der Waals surface area contributed by atoms with Crippen LogP contribution in [0.2, 0.25) is 0 Å². The molecule has 0 radical (unpaired) electrons. The third-order valence-corrected chi connectivity index (χ3v) is 6.91. The van der Waals surface area contributed by atoms with Crippen molar-refractivity contribution in [1.82, 2.24) is 15.1 Å². The van der Waals surface area contributed by atoms with Crippen LogP contribution in [0.15, 0.2) is 90.0 Å². The largest absolute Gasteiger partial charge is 0.341 e. The van der Waals surface area contributed by atoms with Gasteiger partial charge in [-0.3, -0.25) is 4.79 Å². The van der Waals surface area contributed by atoms with E-state index in [9.17, 15) is 4.79 Å². The molecule has 0 N–H and O–H groups in total. The van der Waals surface area contributed by atoms with Crippen molar-refractivity contribution in [1.29, 1.82) is 0 Å². The van der Waals surface area contributed by atoms with Crippen LogP contribution in [0.4, 0.5) is 0 Å². The van der Waals surface area contributed by atoms with E-state index in [0.29, 0.717) is 0 Å². The Balaban J connectivity index is 1.57. The molecule has 0 spiro atoms. The van der Waals surface area contributed by atoms with Crippen LogP contribution in [0.3, 0.4) is 0 Å². The number of carbonyl (C=O) groups is 1. The predicted molar refractivity (Wildman–Crippen MR) is 126 cm³/mol. The lowest BCUT2D eigenvalue weighted by Crippen LogP contribution is -2.31. The molecule has 0 bridgehead atoms. The molecule has 3 aromatic carbocycles. The molecular weight excluding hydrogens is 402 g/mol. The maximum Gasteiger partial charge on any atom is 0.240 e. The number of nitrogens with zero attached hydrogens (tertiary/aromatic N) is 3. The number of thioether (sulfide) groups is 1. The van der Waals surface area contributed by atoms with Gasteiger partial charge in [0.2, 0.25) is 5.91 Å². The third-order valence-electron chi connectivity index (χ3n) is 5.67. The Labute approximate surface area is 186 Å². The number of aromatic nitrogens is 2. The third kappa shape index (κ3) is 4.06. The van der Waals surface area contributed by atoms with Gasteiger partial charge in [0, 0.05) is 29.4 Å². The molecule has 1 aliphatic rings. The summed E-state index contributed by atoms with van der Waals surface area (Å²) < 4.78 is 0. The molecule has 0 saturated carbocycles. The van der Waals surface area contributed by atoms with Gasteiger partial charge in [0.05, 0.1) is 0 Å². The van der Waals surface area contributed by atoms with E-state index in [1.807, 2.05) is 77.7 Å². The molecule has 5 heteroatoms. The molecule has 0 unspecified atom stereocenters. The summed E-state index contributed by atoms with van der Waals surface area (Å²) in [6.07, 6.45) is 2.15. The SMILES string of the molecule is O=C([C@H](Sc1nnc(-c2ccccc2)c2ccccc12)c1ccccc1)N1CCCC1. The fourth-order valence-corrected chi connectivity index (χ4v) is 5.24. The molecule has 1 aromatic heterocycles. The van der Waals surface area contributed by atoms with Crippen molar-refractivity contribution in [3.05, 3.63) is 90.5 Å². The van der Waals surface area contributed by atoms with Crippen molar-refractivity contribution < 1.29 is 4.79 Å². The zero-order valence-electron chi connectivity index (χ0n) is 17.1. The zero-order chi connectivity index (χ0) is 21.0. The van der Waals surface area contributed by atoms with Crippen LogP contribution in [0.5, 0.6) is 0 Å². The molecule has 4 nitrogen and oxygen atoms in total. The molecule has 5 rings (SSSR count). The smallest absolute Gasteiger partial charge is 0.240 e. The summed E-state index contributed by atoms with van der Waals surface area (Å²) in [6, 6.07) is 28.3. The zero-order valence-corrected chi connectivity index (χ0v) is 18.0. The maximum atomic E-state index is 13.4. The minimum Gasteiger partial charge on any atom is -0.341 e. The van der Waals surface area contributed by atoms with Crippen molar-refractivity contribution in [2.75, 3.05) is 13.1 Å². The number of carbonyl (C=O) groups excluding carboxylic acids is 1. The van der Waals surface area contributed by atoms with Crippen molar-refractivity contribution in [3.63, 3.8) is 0 Å². The Morgan fingerprint density at radius 1 is 0.774 bits per heavy atom. The molecule has 1 atom stereocenters. The molecule has 1 amide bonds. The van der Waals surface area contributed by atoms with E-state index in [1.54, 1.807) is 0 Å². The molecule has 154 valence electrons. The minimum atomic E-state index is -0.334. The molecule has 1 aliphatic heterocycles. The summed E-state index contributed by atoms with van der Waals surface area (Å²) in [7, 11) is 0. The fraction of sp³-hybridized carbons (Fsp3) is 0.192. The standard InChI is InChI=1S/C26H23N3OS/c30-26(29-17-9-10-18-29)24(20-13-5-2-6-14-20)31-25-22-16-8-7-15-21(22)23(27-28-25)19-11-3-1-4-12-19/h1-8,11-16,24H,9-10,17-18H2/t24-/m1/s1. The van der Waals surface area contributed by atoms with Crippen LogP contribution in [-0.4, -0.2) is 34.1 Å². The molecule has 1 saturated heterocycles. The highest BCUT2D eigenvalue weighted by atomic mass is 32.2. The number of benzene rings is 3. The van der Waals surface area contributed by atoms with Gasteiger partial charge in [-0.15, -0.1) is 10.2 Å². The van der Waals surface area contributed by atoms with Crippen LogP contribution in [-0.2, 0) is 4.79 Å². The first-order chi connectivity index (χ1) is 15.3. The Morgan fingerprint density at radius 2 is 1.39 bits per heavy atom. The van der Waals surface area contributed by atoms with E-state index >= 15 is 0 Å². The number of rotatable bonds is 5. The van der Waals surface area contributed by atoms with Crippen molar-refractivity contribution in [3.8, 4) is 11.3 Å². The number of fused-ring (bicyclic) bond motifs is 1. The Hall–Kier alpha value is -3.18. The van der Waals surface area contributed by atoms with E-state index in [4.69, 9.17) is 0 Å². The normalized spacial score (nSPS) is 14.6. The lowest BCUT2D eigenvalue weighted by atomic mass is 10.1. The quantitative estimate of drug-likeness (QED) is 0.382. The first-order valence-electron chi connectivity index (χ1n) is 10.6. The fourth-order valence-electron chi connectivity index (χ4n) is 4.08. The van der Waals surface area contributed by atoms with Gasteiger partial charge in [0.25, 0.3) is 0 Å². The van der Waals surface area contributed by atoms with Crippen LogP contribution >= 0.6 is 11.8 Å². The van der Waals surface area contributed by atoms with Crippen LogP contribution in [0.1, 0.15) is 23.7 Å². The Morgan fingerprint density at radius 3 is 2.10 bits per heavy atom. The second-order valence-electron chi connectivity index (χ2n) is 7.71. The number of likely N-dealkylation sites (tertiary alicyclic amines) is 1. The topological polar surface area (TPSA) is 46.1 Å². The maximum absolute atomic E-state index is 13.4. The van der Waals surface area contributed by atoms with E-state index in [-0.39, 0.29) is 11.2 Å². The lowest BCUT2D eigenvalue weighted by molar-refractivity contribution is -0.129. The lowest BCUT2D eigenvalue weighted by Gasteiger charge is -2.23. The molecule has 1 fully saturated rings. The highest BCUT2D eigenvalue weighted by Crippen LogP contribution is 2.40. The van der Waals surface area contributed by atoms with Crippen molar-refractivity contribution >= 4 is 28.4 Å². The van der Waals surface area contributed by atoms with Gasteiger partial charge in [-0.1, -0.05) is 96.7 Å². The van der Waals surface area contributed by atoms with Crippen LogP contribution in [0.25, 0.3) is 22.0 Å². The highest BCUT2D eigenvalue weighted by molar-refractivity contribution is 8.00. The average molecular weight is 426 g/mol. The summed E-state index contributed by atoms with van der Waals surface area (Å²) in [5.74, 6) is 0.159. The second-order valence-corrected chi connectivity index (χ2v) is 8.80. The van der Waals surface area contributed by atoms with E-state index in [1.165, 1.54) is 11.8 Å². The second kappa shape index (κ2) is 8.90. The first-order valence-corrected chi connectivity index (χ1v) is 11.5. The van der Waals surface area contributed by atoms with Crippen LogP contribution in [0, 0.1) is 0 Å². The summed E-state index contributed by atoms with van der Waals surface area (Å²) in [5.41, 5.74) is 2.90. The average Bonchev–Trinajstić information content (AvgIpc) is 3.38. The highest BCUT2D eigenvalue weighted by Gasteiger charge is 2.30. The molecule has 2 heterocycles. The van der Waals surface area contributed by atoms with Crippen molar-refractivity contribution in [2.24, 2.45) is 0 Å². The predicted octanol–water partition coefficient (Wildman–Crippen LogP) is 5.75. The number of hydrogen-bond donors (Lipinski definition) is 0. The van der Waals surface area contributed by atoms with Gasteiger partial charge in [-0.2, -0.15) is 0 Å². The van der Waals surface area contributed by atoms with Gasteiger partial charge in [0.15, 0.2) is 0 Å². The first kappa shape index (κ1) is 19.8. The number of hydrogen-bond acceptors (Lipinski definition) is 4. The van der Waals surface area contributed by atoms with Gasteiger partial charge >= 0.3 is 0 Å². The van der Waals surface area contributed by atoms with Gasteiger partial charge in [-0.25, -0.2) is 0 Å². The van der Waals surface area contributed by atoms with Crippen molar-refractivity contribution in [2.45, 2.75) is 23.1 Å². The Bertz CT molecular complexity index is 1190. The van der Waals surface area contributed by atoms with Gasteiger partial charge in [0.1, 0.15) is 16.0 Å². The van der Waals surface area contributed by atoms with Crippen LogP contribution < -0.4 is 0 Å². The Kier molecular flexibility index (Phi) is 5.67. The summed E-state index contributed by atoms with van der Waals surface area (Å²) in [5, 5.41) is 11.7. The molecule has 4 aromatic rings. The number of amides is 1. The summed E-state index contributed by atoms with van der Waals surface area (Å²) in [4.78, 5) is 15.4. The van der Waals surface area contributed by atoms with E-state index < -0.39 is 0 Å². The monoisotopic (exact) mass is 425 g/mol. The molecule has 31 heavy (non-hydrogen) atoms. The molecular formula is C26H23N3OS. The summed E-state index contributed by atoms with van der Waals surface area (Å²) in [6.45, 7) is 1.67.